The molecule has 5 heteroatoms. The van der Waals surface area contributed by atoms with E-state index >= 15 is 0 Å². The fourth-order valence-corrected chi connectivity index (χ4v) is 2.32. The van der Waals surface area contributed by atoms with E-state index in [-0.39, 0.29) is 11.9 Å². The molecule has 1 aromatic rings. The van der Waals surface area contributed by atoms with Gasteiger partial charge in [-0.15, -0.1) is 0 Å². The summed E-state index contributed by atoms with van der Waals surface area (Å²) in [6.07, 6.45) is 0.761. The number of methoxy groups -OCH3 is 1. The van der Waals surface area contributed by atoms with Crippen molar-refractivity contribution >= 4 is 33.4 Å². The summed E-state index contributed by atoms with van der Waals surface area (Å²) < 4.78 is 5.00. The molecule has 0 spiro atoms. The van der Waals surface area contributed by atoms with Gasteiger partial charge in [-0.25, -0.2) is 0 Å². The molecule has 3 nitrogen and oxygen atoms in total. The lowest BCUT2D eigenvalue weighted by Gasteiger charge is -2.16. The van der Waals surface area contributed by atoms with Gasteiger partial charge in [0.05, 0.1) is 10.6 Å². The molecule has 0 aromatic heterocycles. The van der Waals surface area contributed by atoms with Crippen LogP contribution in [0, 0.1) is 6.92 Å². The minimum absolute atomic E-state index is 0.0369. The molecule has 0 fully saturated rings. The molecule has 1 aromatic carbocycles. The number of amides is 1. The minimum atomic E-state index is -0.152. The maximum absolute atomic E-state index is 12.1. The third kappa shape index (κ3) is 4.59. The lowest BCUT2D eigenvalue weighted by Crippen LogP contribution is -2.37. The van der Waals surface area contributed by atoms with Gasteiger partial charge in [0.2, 0.25) is 0 Å². The van der Waals surface area contributed by atoms with Crippen LogP contribution in [0.1, 0.15) is 22.3 Å². The van der Waals surface area contributed by atoms with Crippen LogP contribution in [-0.2, 0) is 4.74 Å². The molecule has 18 heavy (non-hydrogen) atoms. The summed E-state index contributed by atoms with van der Waals surface area (Å²) in [7, 11) is 1.64. The van der Waals surface area contributed by atoms with Gasteiger partial charge < -0.3 is 10.1 Å². The Morgan fingerprint density at radius 3 is 2.83 bits per heavy atom. The number of hydrogen-bond donors (Lipinski definition) is 1. The second-order valence-electron chi connectivity index (χ2n) is 4.09. The monoisotopic (exact) mass is 333 g/mol. The predicted molar refractivity (Wildman–Crippen MR) is 77.7 cm³/mol. The SMILES string of the molecule is COCCC(CBr)NC(=O)c1ccc(C)cc1Cl. The van der Waals surface area contributed by atoms with E-state index < -0.39 is 0 Å². The normalized spacial score (nSPS) is 12.2. The van der Waals surface area contributed by atoms with E-state index in [1.54, 1.807) is 19.2 Å². The third-order valence-electron chi connectivity index (χ3n) is 2.56. The lowest BCUT2D eigenvalue weighted by molar-refractivity contribution is 0.0931. The molecule has 0 bridgehead atoms. The van der Waals surface area contributed by atoms with Crippen molar-refractivity contribution in [3.63, 3.8) is 0 Å². The minimum Gasteiger partial charge on any atom is -0.385 e. The van der Waals surface area contributed by atoms with Crippen LogP contribution in [0.3, 0.4) is 0 Å². The van der Waals surface area contributed by atoms with E-state index in [1.165, 1.54) is 0 Å². The molecule has 1 amide bonds. The van der Waals surface area contributed by atoms with Gasteiger partial charge in [0.25, 0.3) is 5.91 Å². The van der Waals surface area contributed by atoms with E-state index in [0.717, 1.165) is 12.0 Å². The van der Waals surface area contributed by atoms with Gasteiger partial charge >= 0.3 is 0 Å². The first kappa shape index (κ1) is 15.5. The molecule has 0 radical (unpaired) electrons. The highest BCUT2D eigenvalue weighted by Gasteiger charge is 2.15. The fourth-order valence-electron chi connectivity index (χ4n) is 1.52. The van der Waals surface area contributed by atoms with E-state index in [4.69, 9.17) is 16.3 Å². The van der Waals surface area contributed by atoms with Gasteiger partial charge in [0, 0.05) is 25.1 Å². The van der Waals surface area contributed by atoms with Crippen molar-refractivity contribution < 1.29 is 9.53 Å². The number of ether oxygens (including phenoxy) is 1. The average molecular weight is 335 g/mol. The Balaban J connectivity index is 2.68. The Labute approximate surface area is 121 Å². The highest BCUT2D eigenvalue weighted by molar-refractivity contribution is 9.09. The summed E-state index contributed by atoms with van der Waals surface area (Å²) >= 11 is 9.43. The molecular weight excluding hydrogens is 318 g/mol. The summed E-state index contributed by atoms with van der Waals surface area (Å²) in [5.41, 5.74) is 1.54. The number of hydrogen-bond acceptors (Lipinski definition) is 2. The largest absolute Gasteiger partial charge is 0.385 e. The molecule has 1 rings (SSSR count). The van der Waals surface area contributed by atoms with E-state index in [1.807, 2.05) is 13.0 Å². The molecule has 1 atom stereocenters. The van der Waals surface area contributed by atoms with Crippen LogP contribution in [0.25, 0.3) is 0 Å². The topological polar surface area (TPSA) is 38.3 Å². The number of alkyl halides is 1. The van der Waals surface area contributed by atoms with Crippen LogP contribution in [0.4, 0.5) is 0 Å². The van der Waals surface area contributed by atoms with Crippen LogP contribution in [0.5, 0.6) is 0 Å². The van der Waals surface area contributed by atoms with Crippen LogP contribution >= 0.6 is 27.5 Å². The van der Waals surface area contributed by atoms with Crippen molar-refractivity contribution in [2.75, 3.05) is 19.0 Å². The Bertz CT molecular complexity index is 412. The first-order chi connectivity index (χ1) is 8.58. The van der Waals surface area contributed by atoms with Crippen LogP contribution in [0.2, 0.25) is 5.02 Å². The van der Waals surface area contributed by atoms with Gasteiger partial charge in [-0.1, -0.05) is 33.6 Å². The molecule has 0 aliphatic carbocycles. The zero-order valence-corrected chi connectivity index (χ0v) is 12.8. The number of carbonyl (C=O) groups is 1. The van der Waals surface area contributed by atoms with Crippen molar-refractivity contribution in [2.45, 2.75) is 19.4 Å². The van der Waals surface area contributed by atoms with E-state index in [2.05, 4.69) is 21.2 Å². The van der Waals surface area contributed by atoms with Crippen molar-refractivity contribution in [2.24, 2.45) is 0 Å². The number of aryl methyl sites for hydroxylation is 1. The fraction of sp³-hybridized carbons (Fsp3) is 0.462. The average Bonchev–Trinajstić information content (AvgIpc) is 2.34. The second-order valence-corrected chi connectivity index (χ2v) is 5.14. The number of nitrogens with one attached hydrogen (secondary N) is 1. The number of halogens is 2. The number of carbonyl (C=O) groups excluding carboxylic acids is 1. The van der Waals surface area contributed by atoms with Crippen LogP contribution in [-0.4, -0.2) is 31.0 Å². The smallest absolute Gasteiger partial charge is 0.253 e. The molecule has 0 saturated heterocycles. The van der Waals surface area contributed by atoms with Gasteiger partial charge in [-0.2, -0.15) is 0 Å². The standard InChI is InChI=1S/C13H17BrClNO2/c1-9-3-4-11(12(15)7-9)13(17)16-10(8-14)5-6-18-2/h3-4,7,10H,5-6,8H2,1-2H3,(H,16,17). The summed E-state index contributed by atoms with van der Waals surface area (Å²) in [6.45, 7) is 2.55. The van der Waals surface area contributed by atoms with Crippen molar-refractivity contribution in [1.82, 2.24) is 5.32 Å². The summed E-state index contributed by atoms with van der Waals surface area (Å²) in [5.74, 6) is -0.152. The van der Waals surface area contributed by atoms with Gasteiger partial charge in [0.15, 0.2) is 0 Å². The highest BCUT2D eigenvalue weighted by atomic mass is 79.9. The van der Waals surface area contributed by atoms with Crippen molar-refractivity contribution in [3.05, 3.63) is 34.3 Å². The van der Waals surface area contributed by atoms with Gasteiger partial charge in [0.1, 0.15) is 0 Å². The molecular formula is C13H17BrClNO2. The Kier molecular flexibility index (Phi) is 6.68. The molecule has 1 N–H and O–H groups in total. The van der Waals surface area contributed by atoms with Gasteiger partial charge in [-0.05, 0) is 31.0 Å². The van der Waals surface area contributed by atoms with Crippen molar-refractivity contribution in [3.8, 4) is 0 Å². The lowest BCUT2D eigenvalue weighted by atomic mass is 10.1. The zero-order valence-electron chi connectivity index (χ0n) is 10.5. The maximum atomic E-state index is 12.1. The van der Waals surface area contributed by atoms with Crippen LogP contribution in [0.15, 0.2) is 18.2 Å². The first-order valence-corrected chi connectivity index (χ1v) is 7.20. The first-order valence-electron chi connectivity index (χ1n) is 5.70. The second kappa shape index (κ2) is 7.77. The van der Waals surface area contributed by atoms with E-state index in [9.17, 15) is 4.79 Å². The summed E-state index contributed by atoms with van der Waals surface area (Å²) in [6, 6.07) is 5.44. The molecule has 1 unspecified atom stereocenters. The Morgan fingerprint density at radius 1 is 1.56 bits per heavy atom. The molecule has 0 heterocycles. The quantitative estimate of drug-likeness (QED) is 0.812. The number of rotatable bonds is 6. The van der Waals surface area contributed by atoms with Gasteiger partial charge in [-0.3, -0.25) is 4.79 Å². The zero-order chi connectivity index (χ0) is 13.5. The molecule has 0 saturated carbocycles. The Hall–Kier alpha value is -0.580. The highest BCUT2D eigenvalue weighted by Crippen LogP contribution is 2.17. The molecule has 100 valence electrons. The molecule has 0 aliphatic rings. The Morgan fingerprint density at radius 2 is 2.28 bits per heavy atom. The number of benzene rings is 1. The predicted octanol–water partition coefficient (Wildman–Crippen LogP) is 3.18. The summed E-state index contributed by atoms with van der Waals surface area (Å²) in [4.78, 5) is 12.1. The third-order valence-corrected chi connectivity index (χ3v) is 3.66. The molecule has 0 aliphatic heterocycles. The summed E-state index contributed by atoms with van der Waals surface area (Å²) in [5, 5.41) is 4.09. The van der Waals surface area contributed by atoms with Crippen molar-refractivity contribution in [1.29, 1.82) is 0 Å². The van der Waals surface area contributed by atoms with Crippen LogP contribution < -0.4 is 5.32 Å². The van der Waals surface area contributed by atoms with E-state index in [0.29, 0.717) is 22.5 Å². The maximum Gasteiger partial charge on any atom is 0.253 e.